The van der Waals surface area contributed by atoms with E-state index in [0.717, 1.165) is 25.7 Å². The molecule has 0 atom stereocenters. The highest BCUT2D eigenvalue weighted by Crippen LogP contribution is 2.56. The Hall–Kier alpha value is -4.68. The van der Waals surface area contributed by atoms with Crippen molar-refractivity contribution in [3.63, 3.8) is 0 Å². The Morgan fingerprint density at radius 1 is 0.225 bits per heavy atom. The van der Waals surface area contributed by atoms with E-state index in [1.165, 1.54) is 86.2 Å². The Morgan fingerprint density at radius 3 is 0.700 bits per heavy atom. The van der Waals surface area contributed by atoms with Gasteiger partial charge in [0.15, 0.2) is 0 Å². The standard InChI is InChI=1S/C40H24/c1-5-13-25-21(9-1)29-17-18-30-22-10-2-7-15-27(22)37-38-28-16-8-4-12-24(28)32-20-19-31-23-11-3-6-14-26(23)36(40(38)34(31)32)35(25)39(37)33(29)30/h1-16H,17-20H2. The van der Waals surface area contributed by atoms with Crippen LogP contribution in [0.5, 0.6) is 0 Å². The second-order valence-electron chi connectivity index (χ2n) is 12.1. The first-order chi connectivity index (χ1) is 19.9. The minimum absolute atomic E-state index is 1.13. The van der Waals surface area contributed by atoms with Crippen molar-refractivity contribution in [2.45, 2.75) is 25.7 Å². The molecule has 184 valence electrons. The summed E-state index contributed by atoms with van der Waals surface area (Å²) in [6.45, 7) is 0. The van der Waals surface area contributed by atoms with Crippen LogP contribution in [0, 0.1) is 0 Å². The average molecular weight is 505 g/mol. The van der Waals surface area contributed by atoms with Gasteiger partial charge in [-0.3, -0.25) is 0 Å². The van der Waals surface area contributed by atoms with Gasteiger partial charge < -0.3 is 0 Å². The summed E-state index contributed by atoms with van der Waals surface area (Å²) in [5.41, 5.74) is 6.23. The van der Waals surface area contributed by atoms with Crippen LogP contribution in [0.2, 0.25) is 0 Å². The predicted octanol–water partition coefficient (Wildman–Crippen LogP) is 10.5. The third kappa shape index (κ3) is 2.08. The van der Waals surface area contributed by atoms with E-state index >= 15 is 0 Å². The molecule has 0 aliphatic heterocycles. The monoisotopic (exact) mass is 504 g/mol. The van der Waals surface area contributed by atoms with Crippen LogP contribution in [0.1, 0.15) is 22.3 Å². The SMILES string of the molecule is c1ccc2c(c1)c1c3c(c4ccccc4c4c3c2c2c3ccccc3c3c5c(c6ccccc6c4c52)CC3)CC1. The maximum atomic E-state index is 2.40. The average Bonchev–Trinajstić information content (AvgIpc) is 3.67. The van der Waals surface area contributed by atoms with Crippen LogP contribution in [0.3, 0.4) is 0 Å². The molecular formula is C40H24. The molecule has 40 heavy (non-hydrogen) atoms. The van der Waals surface area contributed by atoms with Gasteiger partial charge in [0.1, 0.15) is 0 Å². The summed E-state index contributed by atoms with van der Waals surface area (Å²) in [6.07, 6.45) is 4.51. The van der Waals surface area contributed by atoms with Gasteiger partial charge in [0, 0.05) is 0 Å². The van der Waals surface area contributed by atoms with Crippen molar-refractivity contribution in [2.24, 2.45) is 0 Å². The highest BCUT2D eigenvalue weighted by atomic mass is 14.3. The van der Waals surface area contributed by atoms with Gasteiger partial charge in [0.2, 0.25) is 0 Å². The zero-order chi connectivity index (χ0) is 25.7. The summed E-state index contributed by atoms with van der Waals surface area (Å²) in [7, 11) is 0. The van der Waals surface area contributed by atoms with Gasteiger partial charge in [-0.05, 0) is 134 Å². The molecule has 0 saturated carbocycles. The van der Waals surface area contributed by atoms with E-state index in [1.54, 1.807) is 22.3 Å². The minimum Gasteiger partial charge on any atom is -0.0616 e. The molecule has 0 heteroatoms. The Balaban J connectivity index is 1.68. The predicted molar refractivity (Wildman–Crippen MR) is 172 cm³/mol. The minimum atomic E-state index is 1.13. The second kappa shape index (κ2) is 6.72. The van der Waals surface area contributed by atoms with Crippen molar-refractivity contribution < 1.29 is 0 Å². The number of hydrogen-bond donors (Lipinski definition) is 0. The number of rotatable bonds is 0. The Labute approximate surface area is 230 Å². The van der Waals surface area contributed by atoms with E-state index in [9.17, 15) is 0 Å². The van der Waals surface area contributed by atoms with Crippen LogP contribution in [-0.2, 0) is 25.7 Å². The fraction of sp³-hybridized carbons (Fsp3) is 0.100. The molecular weight excluding hydrogens is 480 g/mol. The summed E-state index contributed by atoms with van der Waals surface area (Å²) in [4.78, 5) is 0. The Kier molecular flexibility index (Phi) is 3.40. The highest BCUT2D eigenvalue weighted by molar-refractivity contribution is 6.50. The number of aryl methyl sites for hydroxylation is 4. The topological polar surface area (TPSA) is 0 Å². The van der Waals surface area contributed by atoms with Crippen LogP contribution in [0.25, 0.3) is 86.2 Å². The lowest BCUT2D eigenvalue weighted by molar-refractivity contribution is 1.04. The summed E-state index contributed by atoms with van der Waals surface area (Å²) in [5, 5.41) is 23.5. The molecule has 0 fully saturated rings. The number of benzene rings is 9. The van der Waals surface area contributed by atoms with E-state index < -0.39 is 0 Å². The van der Waals surface area contributed by atoms with E-state index in [4.69, 9.17) is 0 Å². The van der Waals surface area contributed by atoms with Gasteiger partial charge >= 0.3 is 0 Å². The molecule has 0 unspecified atom stereocenters. The van der Waals surface area contributed by atoms with Crippen LogP contribution >= 0.6 is 0 Å². The Morgan fingerprint density at radius 2 is 0.450 bits per heavy atom. The highest BCUT2D eigenvalue weighted by Gasteiger charge is 2.31. The first-order valence-corrected chi connectivity index (χ1v) is 14.7. The molecule has 2 aliphatic rings. The molecule has 11 rings (SSSR count). The lowest BCUT2D eigenvalue weighted by Gasteiger charge is -2.23. The summed E-state index contributed by atoms with van der Waals surface area (Å²) >= 11 is 0. The molecule has 0 spiro atoms. The maximum absolute atomic E-state index is 2.40. The fourth-order valence-electron chi connectivity index (χ4n) is 9.23. The Bertz CT molecular complexity index is 2270. The van der Waals surface area contributed by atoms with Gasteiger partial charge in [-0.2, -0.15) is 0 Å². The molecule has 2 aliphatic carbocycles. The largest absolute Gasteiger partial charge is 0.0616 e. The van der Waals surface area contributed by atoms with Crippen molar-refractivity contribution in [3.05, 3.63) is 119 Å². The van der Waals surface area contributed by atoms with Crippen molar-refractivity contribution in [3.8, 4) is 0 Å². The third-order valence-corrected chi connectivity index (χ3v) is 10.5. The zero-order valence-electron chi connectivity index (χ0n) is 22.1. The summed E-state index contributed by atoms with van der Waals surface area (Å²) in [6, 6.07) is 37.1. The van der Waals surface area contributed by atoms with Crippen LogP contribution in [-0.4, -0.2) is 0 Å². The molecule has 9 aromatic rings. The summed E-state index contributed by atoms with van der Waals surface area (Å²) in [5.74, 6) is 0. The van der Waals surface area contributed by atoms with Crippen LogP contribution in [0.15, 0.2) is 97.1 Å². The maximum Gasteiger partial charge on any atom is -0.000731 e. The van der Waals surface area contributed by atoms with Crippen molar-refractivity contribution >= 4 is 86.2 Å². The van der Waals surface area contributed by atoms with E-state index in [0.29, 0.717) is 0 Å². The molecule has 0 N–H and O–H groups in total. The fourth-order valence-corrected chi connectivity index (χ4v) is 9.23. The quantitative estimate of drug-likeness (QED) is 0.142. The molecule has 0 aromatic heterocycles. The normalized spacial score (nSPS) is 14.6. The van der Waals surface area contributed by atoms with Gasteiger partial charge in [0.25, 0.3) is 0 Å². The summed E-state index contributed by atoms with van der Waals surface area (Å²) < 4.78 is 0. The van der Waals surface area contributed by atoms with Crippen LogP contribution < -0.4 is 0 Å². The third-order valence-electron chi connectivity index (χ3n) is 10.5. The van der Waals surface area contributed by atoms with Gasteiger partial charge in [-0.1, -0.05) is 97.1 Å². The second-order valence-corrected chi connectivity index (χ2v) is 12.1. The molecule has 0 bridgehead atoms. The lowest BCUT2D eigenvalue weighted by atomic mass is 9.79. The number of fused-ring (bicyclic) bond motifs is 14. The molecule has 0 amide bonds. The molecule has 0 saturated heterocycles. The number of hydrogen-bond acceptors (Lipinski definition) is 0. The van der Waals surface area contributed by atoms with Gasteiger partial charge in [-0.25, -0.2) is 0 Å². The zero-order valence-corrected chi connectivity index (χ0v) is 22.1. The first kappa shape index (κ1) is 20.3. The molecule has 0 radical (unpaired) electrons. The van der Waals surface area contributed by atoms with E-state index in [-0.39, 0.29) is 0 Å². The molecule has 0 heterocycles. The van der Waals surface area contributed by atoms with E-state index in [1.807, 2.05) is 0 Å². The smallest absolute Gasteiger partial charge is 0.000731 e. The lowest BCUT2D eigenvalue weighted by Crippen LogP contribution is -1.96. The van der Waals surface area contributed by atoms with Gasteiger partial charge in [0.05, 0.1) is 0 Å². The van der Waals surface area contributed by atoms with Crippen molar-refractivity contribution in [1.29, 1.82) is 0 Å². The van der Waals surface area contributed by atoms with Crippen molar-refractivity contribution in [2.75, 3.05) is 0 Å². The van der Waals surface area contributed by atoms with E-state index in [2.05, 4.69) is 97.1 Å². The molecule has 0 nitrogen and oxygen atoms in total. The van der Waals surface area contributed by atoms with Crippen molar-refractivity contribution in [1.82, 2.24) is 0 Å². The van der Waals surface area contributed by atoms with Gasteiger partial charge in [-0.15, -0.1) is 0 Å². The van der Waals surface area contributed by atoms with Crippen LogP contribution in [0.4, 0.5) is 0 Å². The molecule has 9 aromatic carbocycles. The first-order valence-electron chi connectivity index (χ1n) is 14.7.